The van der Waals surface area contributed by atoms with Gasteiger partial charge in [0, 0.05) is 18.4 Å². The third-order valence-corrected chi connectivity index (χ3v) is 4.84. The minimum Gasteiger partial charge on any atom is -0.508 e. The summed E-state index contributed by atoms with van der Waals surface area (Å²) < 4.78 is 6.79. The lowest BCUT2D eigenvalue weighted by Crippen LogP contribution is -2.48. The van der Waals surface area contributed by atoms with Gasteiger partial charge in [-0.15, -0.1) is 0 Å². The molecule has 0 amide bonds. The third kappa shape index (κ3) is 4.96. The highest BCUT2D eigenvalue weighted by molar-refractivity contribution is 5.79. The molecular formula is C19H30NO3+. The maximum absolute atomic E-state index is 12.7. The van der Waals surface area contributed by atoms with Crippen LogP contribution in [0.15, 0.2) is 24.3 Å². The molecule has 1 heterocycles. The van der Waals surface area contributed by atoms with Crippen molar-refractivity contribution < 1.29 is 19.1 Å². The molecule has 1 aromatic carbocycles. The number of nitrogens with zero attached hydrogens (tertiary/aromatic N) is 1. The molecule has 1 saturated heterocycles. The molecule has 23 heavy (non-hydrogen) atoms. The number of piperidine rings is 1. The number of esters is 1. The molecule has 0 spiro atoms. The number of hydrogen-bond donors (Lipinski definition) is 1. The van der Waals surface area contributed by atoms with Gasteiger partial charge in [0.05, 0.1) is 33.1 Å². The van der Waals surface area contributed by atoms with Gasteiger partial charge in [0.1, 0.15) is 11.9 Å². The fourth-order valence-corrected chi connectivity index (χ4v) is 3.20. The first-order valence-electron chi connectivity index (χ1n) is 8.73. The van der Waals surface area contributed by atoms with Crippen molar-refractivity contribution >= 4 is 5.97 Å². The summed E-state index contributed by atoms with van der Waals surface area (Å²) in [6, 6.07) is 7.12. The van der Waals surface area contributed by atoms with Crippen molar-refractivity contribution in [2.75, 3.05) is 27.2 Å². The summed E-state index contributed by atoms with van der Waals surface area (Å²) in [5, 5.41) is 10.1. The molecule has 0 radical (unpaired) electrons. The van der Waals surface area contributed by atoms with Crippen LogP contribution in [-0.4, -0.2) is 48.8 Å². The van der Waals surface area contributed by atoms with E-state index in [0.29, 0.717) is 5.56 Å². The Morgan fingerprint density at radius 1 is 1.30 bits per heavy atom. The van der Waals surface area contributed by atoms with Crippen LogP contribution in [0.1, 0.15) is 50.5 Å². The van der Waals surface area contributed by atoms with Gasteiger partial charge in [-0.25, -0.2) is 0 Å². The summed E-state index contributed by atoms with van der Waals surface area (Å²) in [7, 11) is 4.42. The van der Waals surface area contributed by atoms with E-state index in [1.807, 2.05) is 12.1 Å². The van der Waals surface area contributed by atoms with E-state index in [1.165, 1.54) is 0 Å². The number of phenols is 1. The lowest BCUT2D eigenvalue weighted by Gasteiger charge is -2.37. The van der Waals surface area contributed by atoms with E-state index in [1.54, 1.807) is 12.1 Å². The number of carbonyl (C=O) groups excluding carboxylic acids is 1. The number of phenolic OH excluding ortho intramolecular Hbond substituents is 1. The number of ether oxygens (including phenoxy) is 1. The zero-order valence-corrected chi connectivity index (χ0v) is 14.6. The molecule has 0 saturated carbocycles. The van der Waals surface area contributed by atoms with E-state index >= 15 is 0 Å². The second-order valence-corrected chi connectivity index (χ2v) is 7.27. The minimum absolute atomic E-state index is 0.0173. The minimum atomic E-state index is -0.361. The molecule has 128 valence electrons. The van der Waals surface area contributed by atoms with Gasteiger partial charge in [-0.1, -0.05) is 38.0 Å². The average molecular weight is 320 g/mol. The summed E-state index contributed by atoms with van der Waals surface area (Å²) in [4.78, 5) is 12.7. The molecule has 1 unspecified atom stereocenters. The lowest BCUT2D eigenvalue weighted by atomic mass is 9.92. The second kappa shape index (κ2) is 7.82. The maximum Gasteiger partial charge on any atom is 0.313 e. The Labute approximate surface area is 139 Å². The van der Waals surface area contributed by atoms with Gasteiger partial charge >= 0.3 is 5.97 Å². The normalized spacial score (nSPS) is 19.3. The van der Waals surface area contributed by atoms with Crippen molar-refractivity contribution in [1.82, 2.24) is 0 Å². The SMILES string of the molecule is CCCCC(C(=O)OC1CC[N+](C)(C)CC1)c1ccccc1O. The molecule has 4 heteroatoms. The first kappa shape index (κ1) is 17.8. The highest BCUT2D eigenvalue weighted by Gasteiger charge is 2.31. The standard InChI is InChI=1S/C19H29NO3/c1-4-5-8-17(16-9-6-7-10-18(16)21)19(22)23-15-11-13-20(2,3)14-12-15/h6-7,9-10,15,17H,4-5,8,11-14H2,1-3H3/p+1. The first-order valence-corrected chi connectivity index (χ1v) is 8.73. The molecule has 1 N–H and O–H groups in total. The van der Waals surface area contributed by atoms with E-state index in [4.69, 9.17) is 4.74 Å². The van der Waals surface area contributed by atoms with Crippen LogP contribution in [0.4, 0.5) is 0 Å². The zero-order valence-electron chi connectivity index (χ0n) is 14.6. The van der Waals surface area contributed by atoms with E-state index in [9.17, 15) is 9.90 Å². The third-order valence-electron chi connectivity index (χ3n) is 4.84. The number of hydrogen-bond acceptors (Lipinski definition) is 3. The lowest BCUT2D eigenvalue weighted by molar-refractivity contribution is -0.896. The summed E-state index contributed by atoms with van der Waals surface area (Å²) in [5.74, 6) is -0.357. The Balaban J connectivity index is 2.04. The van der Waals surface area contributed by atoms with Crippen molar-refractivity contribution in [2.45, 2.75) is 51.0 Å². The predicted molar refractivity (Wildman–Crippen MR) is 91.3 cm³/mol. The topological polar surface area (TPSA) is 46.5 Å². The monoisotopic (exact) mass is 320 g/mol. The number of quaternary nitrogens is 1. The van der Waals surface area contributed by atoms with Crippen molar-refractivity contribution in [3.63, 3.8) is 0 Å². The van der Waals surface area contributed by atoms with Gasteiger partial charge in [-0.3, -0.25) is 4.79 Å². The van der Waals surface area contributed by atoms with E-state index in [-0.39, 0.29) is 23.7 Å². The van der Waals surface area contributed by atoms with Gasteiger partial charge in [-0.05, 0) is 12.5 Å². The molecule has 0 bridgehead atoms. The fraction of sp³-hybridized carbons (Fsp3) is 0.632. The van der Waals surface area contributed by atoms with Crippen molar-refractivity contribution in [1.29, 1.82) is 0 Å². The molecular weight excluding hydrogens is 290 g/mol. The van der Waals surface area contributed by atoms with Crippen molar-refractivity contribution in [2.24, 2.45) is 0 Å². The van der Waals surface area contributed by atoms with Crippen LogP contribution in [0, 0.1) is 0 Å². The molecule has 1 fully saturated rings. The number of carbonyl (C=O) groups is 1. The number of para-hydroxylation sites is 1. The first-order chi connectivity index (χ1) is 10.9. The molecule has 1 atom stereocenters. The highest BCUT2D eigenvalue weighted by atomic mass is 16.5. The van der Waals surface area contributed by atoms with Crippen LogP contribution in [-0.2, 0) is 9.53 Å². The van der Waals surface area contributed by atoms with Gasteiger partial charge in [0.15, 0.2) is 0 Å². The number of likely N-dealkylation sites (tertiary alicyclic amines) is 1. The largest absolute Gasteiger partial charge is 0.508 e. The smallest absolute Gasteiger partial charge is 0.313 e. The highest BCUT2D eigenvalue weighted by Crippen LogP contribution is 2.31. The van der Waals surface area contributed by atoms with Gasteiger partial charge in [0.2, 0.25) is 0 Å². The Hall–Kier alpha value is -1.55. The summed E-state index contributed by atoms with van der Waals surface area (Å²) in [6.07, 6.45) is 4.54. The number of benzene rings is 1. The summed E-state index contributed by atoms with van der Waals surface area (Å²) in [5.41, 5.74) is 0.692. The molecule has 0 aliphatic carbocycles. The van der Waals surface area contributed by atoms with E-state index in [0.717, 1.165) is 49.7 Å². The Morgan fingerprint density at radius 3 is 2.57 bits per heavy atom. The molecule has 2 rings (SSSR count). The fourth-order valence-electron chi connectivity index (χ4n) is 3.20. The Kier molecular flexibility index (Phi) is 6.05. The number of rotatable bonds is 6. The molecule has 1 aromatic rings. The van der Waals surface area contributed by atoms with Crippen LogP contribution in [0.25, 0.3) is 0 Å². The Bertz CT molecular complexity index is 517. The van der Waals surface area contributed by atoms with Crippen LogP contribution < -0.4 is 0 Å². The average Bonchev–Trinajstić information content (AvgIpc) is 2.51. The van der Waals surface area contributed by atoms with Crippen molar-refractivity contribution in [3.8, 4) is 5.75 Å². The van der Waals surface area contributed by atoms with Crippen LogP contribution in [0.3, 0.4) is 0 Å². The molecule has 1 aliphatic rings. The van der Waals surface area contributed by atoms with Crippen molar-refractivity contribution in [3.05, 3.63) is 29.8 Å². The summed E-state index contributed by atoms with van der Waals surface area (Å²) >= 11 is 0. The summed E-state index contributed by atoms with van der Waals surface area (Å²) in [6.45, 7) is 4.18. The zero-order chi connectivity index (χ0) is 16.9. The quantitative estimate of drug-likeness (QED) is 0.645. The second-order valence-electron chi connectivity index (χ2n) is 7.27. The molecule has 1 aliphatic heterocycles. The number of aromatic hydroxyl groups is 1. The van der Waals surface area contributed by atoms with Crippen LogP contribution in [0.5, 0.6) is 5.75 Å². The number of unbranched alkanes of at least 4 members (excludes halogenated alkanes) is 1. The van der Waals surface area contributed by atoms with Gasteiger partial charge in [-0.2, -0.15) is 0 Å². The van der Waals surface area contributed by atoms with Gasteiger partial charge in [0.25, 0.3) is 0 Å². The predicted octanol–water partition coefficient (Wildman–Crippen LogP) is 3.45. The van der Waals surface area contributed by atoms with Crippen LogP contribution >= 0.6 is 0 Å². The van der Waals surface area contributed by atoms with Gasteiger partial charge < -0.3 is 14.3 Å². The Morgan fingerprint density at radius 2 is 1.96 bits per heavy atom. The molecule has 4 nitrogen and oxygen atoms in total. The molecule has 0 aromatic heterocycles. The van der Waals surface area contributed by atoms with Crippen LogP contribution in [0.2, 0.25) is 0 Å². The van der Waals surface area contributed by atoms with E-state index < -0.39 is 0 Å². The maximum atomic E-state index is 12.7. The van der Waals surface area contributed by atoms with E-state index in [2.05, 4.69) is 21.0 Å².